The fraction of sp³-hybridized carbons (Fsp3) is 0.250. The molecule has 0 aliphatic rings. The van der Waals surface area contributed by atoms with Gasteiger partial charge in [-0.05, 0) is 31.2 Å². The van der Waals surface area contributed by atoms with Gasteiger partial charge in [-0.2, -0.15) is 0 Å². The first-order chi connectivity index (χ1) is 10.3. The van der Waals surface area contributed by atoms with Gasteiger partial charge in [0, 0.05) is 6.26 Å². The SMILES string of the molecule is C[C@H](Oc1ccc(F)cc1)C(=O)Nc1nnc(S(C)(=O)=O)s1. The van der Waals surface area contributed by atoms with Crippen molar-refractivity contribution >= 4 is 32.2 Å². The minimum Gasteiger partial charge on any atom is -0.481 e. The van der Waals surface area contributed by atoms with Gasteiger partial charge >= 0.3 is 0 Å². The number of ether oxygens (including phenoxy) is 1. The first-order valence-electron chi connectivity index (χ1n) is 6.02. The maximum absolute atomic E-state index is 12.8. The quantitative estimate of drug-likeness (QED) is 0.825. The van der Waals surface area contributed by atoms with E-state index in [0.717, 1.165) is 17.6 Å². The molecular weight excluding hydrogens is 333 g/mol. The van der Waals surface area contributed by atoms with Crippen molar-refractivity contribution in [3.63, 3.8) is 0 Å². The summed E-state index contributed by atoms with van der Waals surface area (Å²) in [5, 5.41) is 9.52. The molecule has 0 fully saturated rings. The Bertz CT molecular complexity index is 774. The molecule has 0 radical (unpaired) electrons. The van der Waals surface area contributed by atoms with E-state index in [-0.39, 0.29) is 9.47 Å². The maximum atomic E-state index is 12.8. The van der Waals surface area contributed by atoms with Gasteiger partial charge in [-0.25, -0.2) is 12.8 Å². The molecule has 1 N–H and O–H groups in total. The topological polar surface area (TPSA) is 98.2 Å². The van der Waals surface area contributed by atoms with E-state index in [0.29, 0.717) is 5.75 Å². The van der Waals surface area contributed by atoms with Crippen molar-refractivity contribution < 1.29 is 22.3 Å². The lowest BCUT2D eigenvalue weighted by molar-refractivity contribution is -0.122. The Kier molecular flexibility index (Phi) is 4.71. The van der Waals surface area contributed by atoms with Crippen molar-refractivity contribution in [2.45, 2.75) is 17.4 Å². The van der Waals surface area contributed by atoms with Gasteiger partial charge in [-0.3, -0.25) is 10.1 Å². The summed E-state index contributed by atoms with van der Waals surface area (Å²) < 4.78 is 40.5. The second-order valence-corrected chi connectivity index (χ2v) is 7.52. The molecule has 2 aromatic rings. The van der Waals surface area contributed by atoms with Crippen molar-refractivity contribution in [2.75, 3.05) is 11.6 Å². The lowest BCUT2D eigenvalue weighted by Crippen LogP contribution is -2.30. The summed E-state index contributed by atoms with van der Waals surface area (Å²) in [6.45, 7) is 1.50. The smallest absolute Gasteiger partial charge is 0.266 e. The molecule has 0 bridgehead atoms. The lowest BCUT2D eigenvalue weighted by atomic mass is 10.3. The Balaban J connectivity index is 1.99. The van der Waals surface area contributed by atoms with Gasteiger partial charge in [0.05, 0.1) is 0 Å². The molecule has 0 unspecified atom stereocenters. The summed E-state index contributed by atoms with van der Waals surface area (Å²) in [4.78, 5) is 11.9. The zero-order valence-corrected chi connectivity index (χ0v) is 13.2. The van der Waals surface area contributed by atoms with Crippen LogP contribution in [-0.4, -0.2) is 36.9 Å². The molecule has 1 aromatic heterocycles. The normalized spacial score (nSPS) is 12.7. The summed E-state index contributed by atoms with van der Waals surface area (Å²) in [6, 6.07) is 5.21. The van der Waals surface area contributed by atoms with Crippen LogP contribution in [0.25, 0.3) is 0 Å². The van der Waals surface area contributed by atoms with Crippen LogP contribution in [0.15, 0.2) is 28.6 Å². The Morgan fingerprint density at radius 3 is 2.50 bits per heavy atom. The fourth-order valence-electron chi connectivity index (χ4n) is 1.39. The molecule has 7 nitrogen and oxygen atoms in total. The van der Waals surface area contributed by atoms with Gasteiger partial charge in [0.1, 0.15) is 11.6 Å². The molecule has 10 heteroatoms. The van der Waals surface area contributed by atoms with Crippen LogP contribution in [0.5, 0.6) is 5.75 Å². The molecule has 118 valence electrons. The number of nitrogens with one attached hydrogen (secondary N) is 1. The van der Waals surface area contributed by atoms with Crippen molar-refractivity contribution in [1.82, 2.24) is 10.2 Å². The van der Waals surface area contributed by atoms with Crippen LogP contribution >= 0.6 is 11.3 Å². The zero-order chi connectivity index (χ0) is 16.3. The van der Waals surface area contributed by atoms with Gasteiger partial charge in [0.25, 0.3) is 5.91 Å². The van der Waals surface area contributed by atoms with Gasteiger partial charge in [0.15, 0.2) is 6.10 Å². The van der Waals surface area contributed by atoms with Crippen LogP contribution in [-0.2, 0) is 14.6 Å². The molecule has 1 heterocycles. The van der Waals surface area contributed by atoms with Crippen LogP contribution < -0.4 is 10.1 Å². The second kappa shape index (κ2) is 6.36. The van der Waals surface area contributed by atoms with E-state index in [2.05, 4.69) is 15.5 Å². The number of halogens is 1. The Morgan fingerprint density at radius 1 is 1.32 bits per heavy atom. The number of carbonyl (C=O) groups excluding carboxylic acids is 1. The number of benzene rings is 1. The van der Waals surface area contributed by atoms with Gasteiger partial charge < -0.3 is 4.74 Å². The zero-order valence-electron chi connectivity index (χ0n) is 11.6. The van der Waals surface area contributed by atoms with E-state index in [1.54, 1.807) is 0 Å². The van der Waals surface area contributed by atoms with E-state index in [1.807, 2.05) is 0 Å². The summed E-state index contributed by atoms with van der Waals surface area (Å²) in [7, 11) is -3.46. The minimum atomic E-state index is -3.46. The summed E-state index contributed by atoms with van der Waals surface area (Å²) >= 11 is 0.747. The number of sulfone groups is 1. The second-order valence-electron chi connectivity index (χ2n) is 4.35. The predicted molar refractivity (Wildman–Crippen MR) is 78.1 cm³/mol. The molecule has 0 spiro atoms. The van der Waals surface area contributed by atoms with Crippen LogP contribution in [0.4, 0.5) is 9.52 Å². The first-order valence-corrected chi connectivity index (χ1v) is 8.73. The highest BCUT2D eigenvalue weighted by Gasteiger charge is 2.19. The number of amides is 1. The average Bonchev–Trinajstić information content (AvgIpc) is 2.90. The number of aromatic nitrogens is 2. The summed E-state index contributed by atoms with van der Waals surface area (Å²) in [5.41, 5.74) is 0. The number of rotatable bonds is 5. The monoisotopic (exact) mass is 345 g/mol. The third-order valence-corrected chi connectivity index (χ3v) is 4.96. The van der Waals surface area contributed by atoms with Crippen LogP contribution in [0.1, 0.15) is 6.92 Å². The van der Waals surface area contributed by atoms with Crippen molar-refractivity contribution in [3.05, 3.63) is 30.1 Å². The third-order valence-electron chi connectivity index (χ3n) is 2.45. The molecule has 1 amide bonds. The third kappa shape index (κ3) is 4.21. The molecular formula is C12H12FN3O4S2. The Morgan fingerprint density at radius 2 is 1.95 bits per heavy atom. The maximum Gasteiger partial charge on any atom is 0.266 e. The van der Waals surface area contributed by atoms with Crippen LogP contribution in [0.2, 0.25) is 0 Å². The number of nitrogens with zero attached hydrogens (tertiary/aromatic N) is 2. The molecule has 0 saturated heterocycles. The van der Waals surface area contributed by atoms with E-state index < -0.39 is 27.7 Å². The van der Waals surface area contributed by atoms with E-state index in [9.17, 15) is 17.6 Å². The standard InChI is InChI=1S/C12H12FN3O4S2/c1-7(20-9-5-3-8(13)4-6-9)10(17)14-11-15-16-12(21-11)22(2,18)19/h3-7H,1-2H3,(H,14,15,17)/t7-/m0/s1. The minimum absolute atomic E-state index is 0.0555. The van der Waals surface area contributed by atoms with Gasteiger partial charge in [-0.1, -0.05) is 11.3 Å². The van der Waals surface area contributed by atoms with Gasteiger partial charge in [-0.15, -0.1) is 10.2 Å². The van der Waals surface area contributed by atoms with Gasteiger partial charge in [0.2, 0.25) is 19.3 Å². The molecule has 2 rings (SSSR count). The van der Waals surface area contributed by atoms with Crippen molar-refractivity contribution in [1.29, 1.82) is 0 Å². The molecule has 0 aliphatic carbocycles. The van der Waals surface area contributed by atoms with Crippen molar-refractivity contribution in [3.8, 4) is 5.75 Å². The molecule has 22 heavy (non-hydrogen) atoms. The molecule has 1 atom stereocenters. The van der Waals surface area contributed by atoms with E-state index in [4.69, 9.17) is 4.74 Å². The number of hydrogen-bond donors (Lipinski definition) is 1. The van der Waals surface area contributed by atoms with E-state index >= 15 is 0 Å². The Labute approximate surface area is 130 Å². The highest BCUT2D eigenvalue weighted by molar-refractivity contribution is 7.92. The molecule has 0 saturated carbocycles. The number of carbonyl (C=O) groups is 1. The van der Waals surface area contributed by atoms with Crippen LogP contribution in [0, 0.1) is 5.82 Å². The number of hydrogen-bond acceptors (Lipinski definition) is 7. The first kappa shape index (κ1) is 16.3. The highest BCUT2D eigenvalue weighted by atomic mass is 32.2. The van der Waals surface area contributed by atoms with E-state index in [1.165, 1.54) is 31.2 Å². The lowest BCUT2D eigenvalue weighted by Gasteiger charge is -2.13. The number of anilines is 1. The molecule has 1 aromatic carbocycles. The fourth-order valence-corrected chi connectivity index (χ4v) is 2.90. The average molecular weight is 345 g/mol. The molecule has 0 aliphatic heterocycles. The van der Waals surface area contributed by atoms with Crippen LogP contribution in [0.3, 0.4) is 0 Å². The highest BCUT2D eigenvalue weighted by Crippen LogP contribution is 2.20. The Hall–Kier alpha value is -2.07. The van der Waals surface area contributed by atoms with Crippen molar-refractivity contribution in [2.24, 2.45) is 0 Å². The summed E-state index contributed by atoms with van der Waals surface area (Å²) in [6.07, 6.45) is 0.121. The predicted octanol–water partition coefficient (Wildman–Crippen LogP) is 1.49. The summed E-state index contributed by atoms with van der Waals surface area (Å²) in [5.74, 6) is -0.606. The largest absolute Gasteiger partial charge is 0.481 e.